The minimum Gasteiger partial charge on any atom is -0.466 e. The number of carbonyl (C=O) groups excluding carboxylic acids is 2. The van der Waals surface area contributed by atoms with E-state index in [1.807, 2.05) is 0 Å². The molecule has 348 valence electrons. The van der Waals surface area contributed by atoms with Gasteiger partial charge >= 0.3 is 11.9 Å². The third-order valence-electron chi connectivity index (χ3n) is 12.0. The second kappa shape index (κ2) is 55.9. The van der Waals surface area contributed by atoms with Crippen molar-refractivity contribution >= 4 is 11.9 Å². The molecule has 0 rings (SSSR count). The van der Waals surface area contributed by atoms with Gasteiger partial charge in [0.05, 0.1) is 13.2 Å². The summed E-state index contributed by atoms with van der Waals surface area (Å²) in [7, 11) is 0. The van der Waals surface area contributed by atoms with Crippen molar-refractivity contribution in [1.82, 2.24) is 0 Å². The van der Waals surface area contributed by atoms with E-state index in [2.05, 4.69) is 27.7 Å². The Balaban J connectivity index is 0. The number of hydrogen-bond donors (Lipinski definition) is 0. The van der Waals surface area contributed by atoms with Gasteiger partial charge in [-0.2, -0.15) is 0 Å². The van der Waals surface area contributed by atoms with Crippen LogP contribution in [0, 0.1) is 0 Å². The van der Waals surface area contributed by atoms with E-state index < -0.39 is 0 Å². The Labute approximate surface area is 366 Å². The summed E-state index contributed by atoms with van der Waals surface area (Å²) >= 11 is 0. The van der Waals surface area contributed by atoms with E-state index in [1.165, 1.54) is 257 Å². The summed E-state index contributed by atoms with van der Waals surface area (Å²) in [4.78, 5) is 23.5. The molecule has 0 saturated carbocycles. The summed E-state index contributed by atoms with van der Waals surface area (Å²) in [5.74, 6) is 0.0417. The fourth-order valence-corrected chi connectivity index (χ4v) is 7.92. The van der Waals surface area contributed by atoms with Crippen LogP contribution in [0.2, 0.25) is 0 Å². The minimum atomic E-state index is 0.0195. The van der Waals surface area contributed by atoms with E-state index in [4.69, 9.17) is 9.47 Å². The zero-order valence-corrected chi connectivity index (χ0v) is 40.6. The Bertz CT molecular complexity index is 751. The predicted molar refractivity (Wildman–Crippen MR) is 257 cm³/mol. The van der Waals surface area contributed by atoms with Crippen molar-refractivity contribution in [2.45, 2.75) is 323 Å². The Hall–Kier alpha value is -1.06. The van der Waals surface area contributed by atoms with Gasteiger partial charge < -0.3 is 9.47 Å². The Morgan fingerprint density at radius 3 is 0.569 bits per heavy atom. The lowest BCUT2D eigenvalue weighted by Crippen LogP contribution is -2.05. The lowest BCUT2D eigenvalue weighted by molar-refractivity contribution is -0.144. The van der Waals surface area contributed by atoms with Crippen LogP contribution in [0.5, 0.6) is 0 Å². The molecule has 0 heterocycles. The number of esters is 2. The molecule has 0 aliphatic carbocycles. The van der Waals surface area contributed by atoms with E-state index in [0.29, 0.717) is 26.1 Å². The average molecular weight is 821 g/mol. The van der Waals surface area contributed by atoms with Gasteiger partial charge in [-0.25, -0.2) is 0 Å². The van der Waals surface area contributed by atoms with Crippen LogP contribution in [0.25, 0.3) is 0 Å². The number of ether oxygens (including phenoxy) is 2. The molecule has 0 aromatic heterocycles. The second-order valence-corrected chi connectivity index (χ2v) is 18.1. The largest absolute Gasteiger partial charge is 0.466 e. The van der Waals surface area contributed by atoms with Crippen LogP contribution in [0.1, 0.15) is 323 Å². The molecule has 0 atom stereocenters. The van der Waals surface area contributed by atoms with Gasteiger partial charge in [0.2, 0.25) is 0 Å². The molecule has 0 aromatic rings. The van der Waals surface area contributed by atoms with Gasteiger partial charge in [-0.3, -0.25) is 9.59 Å². The van der Waals surface area contributed by atoms with E-state index in [1.54, 1.807) is 0 Å². The van der Waals surface area contributed by atoms with Crippen molar-refractivity contribution in [2.75, 3.05) is 13.2 Å². The highest BCUT2D eigenvalue weighted by atomic mass is 16.5. The highest BCUT2D eigenvalue weighted by molar-refractivity contribution is 5.69. The first-order chi connectivity index (χ1) is 28.6. The van der Waals surface area contributed by atoms with Crippen molar-refractivity contribution in [3.05, 3.63) is 0 Å². The molecule has 0 aromatic carbocycles. The molecule has 0 aliphatic rings. The first-order valence-electron chi connectivity index (χ1n) is 26.9. The summed E-state index contributed by atoms with van der Waals surface area (Å²) in [6, 6.07) is 0. The quantitative estimate of drug-likeness (QED) is 0.0453. The Kier molecular flexibility index (Phi) is 56.9. The van der Waals surface area contributed by atoms with Crippen LogP contribution in [0.3, 0.4) is 0 Å². The van der Waals surface area contributed by atoms with Gasteiger partial charge in [-0.05, 0) is 25.7 Å². The van der Waals surface area contributed by atoms with E-state index in [9.17, 15) is 9.59 Å². The number of rotatable bonds is 48. The lowest BCUT2D eigenvalue weighted by atomic mass is 10.0. The van der Waals surface area contributed by atoms with Gasteiger partial charge in [-0.15, -0.1) is 0 Å². The molecule has 4 heteroatoms. The van der Waals surface area contributed by atoms with Gasteiger partial charge in [0, 0.05) is 12.8 Å². The Morgan fingerprint density at radius 1 is 0.224 bits per heavy atom. The first-order valence-corrected chi connectivity index (χ1v) is 26.9. The van der Waals surface area contributed by atoms with Gasteiger partial charge in [-0.1, -0.05) is 285 Å². The molecule has 0 spiro atoms. The lowest BCUT2D eigenvalue weighted by Gasteiger charge is -2.06. The number of unbranched alkanes of at least 4 members (excludes halogenated alkanes) is 40. The highest BCUT2D eigenvalue weighted by Gasteiger charge is 2.04. The molecule has 0 bridgehead atoms. The van der Waals surface area contributed by atoms with E-state index >= 15 is 0 Å². The maximum Gasteiger partial charge on any atom is 0.305 e. The van der Waals surface area contributed by atoms with Gasteiger partial charge in [0.25, 0.3) is 0 Å². The molecule has 0 amide bonds. The molecule has 0 radical (unpaired) electrons. The minimum absolute atomic E-state index is 0.0195. The maximum atomic E-state index is 11.8. The molecule has 58 heavy (non-hydrogen) atoms. The topological polar surface area (TPSA) is 52.6 Å². The third kappa shape index (κ3) is 57.0. The smallest absolute Gasteiger partial charge is 0.305 e. The van der Waals surface area contributed by atoms with Crippen LogP contribution in [-0.2, 0) is 19.1 Å². The monoisotopic (exact) mass is 821 g/mol. The molecule has 4 nitrogen and oxygen atoms in total. The zero-order valence-electron chi connectivity index (χ0n) is 40.6. The second-order valence-electron chi connectivity index (χ2n) is 18.1. The molecule has 0 N–H and O–H groups in total. The first kappa shape index (κ1) is 59.0. The Morgan fingerprint density at radius 2 is 0.379 bits per heavy atom. The van der Waals surface area contributed by atoms with Crippen LogP contribution < -0.4 is 0 Å². The predicted octanol–water partition coefficient (Wildman–Crippen LogP) is 19.1. The maximum absolute atomic E-state index is 11.8. The van der Waals surface area contributed by atoms with Crippen LogP contribution >= 0.6 is 0 Å². The van der Waals surface area contributed by atoms with E-state index in [0.717, 1.165) is 25.7 Å². The zero-order chi connectivity index (χ0) is 42.5. The summed E-state index contributed by atoms with van der Waals surface area (Å²) in [5.41, 5.74) is 0. The molecule has 0 aliphatic heterocycles. The summed E-state index contributed by atoms with van der Waals surface area (Å²) in [6.07, 6.45) is 59.7. The van der Waals surface area contributed by atoms with Crippen molar-refractivity contribution in [3.63, 3.8) is 0 Å². The number of carbonyl (C=O) groups is 2. The highest BCUT2D eigenvalue weighted by Crippen LogP contribution is 2.16. The van der Waals surface area contributed by atoms with Gasteiger partial charge in [0.15, 0.2) is 0 Å². The summed E-state index contributed by atoms with van der Waals surface area (Å²) in [6.45, 7) is 10.3. The fourth-order valence-electron chi connectivity index (χ4n) is 7.92. The standard InChI is InChI=1S/C28H56O2.C26H52O2/c1-3-5-7-9-11-13-15-16-17-18-20-22-24-26-28(29)30-27-25-23-21-19-14-12-10-8-6-4-2;1-3-5-7-9-11-13-14-15-16-17-18-20-22-24-26(27)28-25-23-21-19-12-10-8-6-4-2/h3-27H2,1-2H3;3-25H2,1-2H3. The van der Waals surface area contributed by atoms with Crippen LogP contribution in [-0.4, -0.2) is 25.2 Å². The molecule has 0 saturated heterocycles. The molecular formula is C54H108O4. The number of hydrogen-bond acceptors (Lipinski definition) is 4. The molecule has 0 unspecified atom stereocenters. The average Bonchev–Trinajstić information content (AvgIpc) is 3.23. The van der Waals surface area contributed by atoms with Crippen molar-refractivity contribution in [2.24, 2.45) is 0 Å². The summed E-state index contributed by atoms with van der Waals surface area (Å²) in [5, 5.41) is 0. The molecule has 0 fully saturated rings. The van der Waals surface area contributed by atoms with Crippen molar-refractivity contribution in [1.29, 1.82) is 0 Å². The van der Waals surface area contributed by atoms with Crippen molar-refractivity contribution < 1.29 is 19.1 Å². The van der Waals surface area contributed by atoms with E-state index in [-0.39, 0.29) is 11.9 Å². The van der Waals surface area contributed by atoms with Crippen LogP contribution in [0.4, 0.5) is 0 Å². The van der Waals surface area contributed by atoms with Crippen LogP contribution in [0.15, 0.2) is 0 Å². The molecular weight excluding hydrogens is 713 g/mol. The normalized spacial score (nSPS) is 11.1. The fraction of sp³-hybridized carbons (Fsp3) is 0.963. The SMILES string of the molecule is CCCCCCCCCCCCCCCC(=O)OCCCCCCCCCC.CCCCCCCCCCCCCCCC(=O)OCCCCCCCCCCCC. The third-order valence-corrected chi connectivity index (χ3v) is 12.0. The van der Waals surface area contributed by atoms with Gasteiger partial charge in [0.1, 0.15) is 0 Å². The summed E-state index contributed by atoms with van der Waals surface area (Å²) < 4.78 is 10.7. The van der Waals surface area contributed by atoms with Crippen molar-refractivity contribution in [3.8, 4) is 0 Å².